The van der Waals surface area contributed by atoms with Crippen molar-refractivity contribution in [3.8, 4) is 0 Å². The summed E-state index contributed by atoms with van der Waals surface area (Å²) in [4.78, 5) is 13.4. The highest BCUT2D eigenvalue weighted by Gasteiger charge is 2.47. The molecule has 92 valence electrons. The minimum atomic E-state index is -1.51. The first kappa shape index (κ1) is 11.7. The first-order chi connectivity index (χ1) is 7.61. The lowest BCUT2D eigenvalue weighted by Gasteiger charge is -2.29. The second-order valence-electron chi connectivity index (χ2n) is 3.87. The molecule has 2 aliphatic heterocycles. The van der Waals surface area contributed by atoms with E-state index in [2.05, 4.69) is 0 Å². The van der Waals surface area contributed by atoms with Crippen LogP contribution in [0.15, 0.2) is 0 Å². The van der Waals surface area contributed by atoms with Gasteiger partial charge in [0.25, 0.3) is 5.91 Å². The molecule has 0 aromatic heterocycles. The van der Waals surface area contributed by atoms with Gasteiger partial charge in [0.1, 0.15) is 12.2 Å². The van der Waals surface area contributed by atoms with Crippen LogP contribution in [-0.4, -0.2) is 77.0 Å². The average molecular weight is 233 g/mol. The van der Waals surface area contributed by atoms with Crippen molar-refractivity contribution in [1.29, 1.82) is 0 Å². The second kappa shape index (κ2) is 4.64. The molecule has 0 bridgehead atoms. The zero-order valence-corrected chi connectivity index (χ0v) is 8.65. The van der Waals surface area contributed by atoms with Gasteiger partial charge in [-0.05, 0) is 0 Å². The molecule has 2 aliphatic rings. The first-order valence-electron chi connectivity index (χ1n) is 5.17. The van der Waals surface area contributed by atoms with Crippen molar-refractivity contribution in [2.24, 2.45) is 0 Å². The molecule has 16 heavy (non-hydrogen) atoms. The van der Waals surface area contributed by atoms with Crippen molar-refractivity contribution < 1.29 is 29.6 Å². The van der Waals surface area contributed by atoms with Gasteiger partial charge in [0, 0.05) is 13.1 Å². The smallest absolute Gasteiger partial charge is 0.254 e. The van der Waals surface area contributed by atoms with Crippen molar-refractivity contribution in [3.63, 3.8) is 0 Å². The zero-order chi connectivity index (χ0) is 11.7. The average Bonchev–Trinajstić information content (AvgIpc) is 2.57. The molecule has 2 rings (SSSR count). The topological polar surface area (TPSA) is 99.5 Å². The number of rotatable bonds is 1. The monoisotopic (exact) mass is 233 g/mol. The summed E-state index contributed by atoms with van der Waals surface area (Å²) in [5, 5.41) is 27.9. The molecule has 2 saturated heterocycles. The molecule has 0 aromatic rings. The van der Waals surface area contributed by atoms with Crippen LogP contribution in [0.3, 0.4) is 0 Å². The van der Waals surface area contributed by atoms with E-state index in [0.717, 1.165) is 0 Å². The highest BCUT2D eigenvalue weighted by Crippen LogP contribution is 2.21. The zero-order valence-electron chi connectivity index (χ0n) is 8.65. The van der Waals surface area contributed by atoms with Gasteiger partial charge in [-0.3, -0.25) is 4.79 Å². The third kappa shape index (κ3) is 2.04. The summed E-state index contributed by atoms with van der Waals surface area (Å²) < 4.78 is 9.91. The number of carbonyl (C=O) groups is 1. The SMILES string of the molecule is O=C([C@@H]1O[C@@H](O)[C@@H](O)[C@@H]1O)N1CCOCC1. The van der Waals surface area contributed by atoms with Crippen LogP contribution in [-0.2, 0) is 14.3 Å². The molecule has 0 unspecified atom stereocenters. The van der Waals surface area contributed by atoms with E-state index in [1.54, 1.807) is 0 Å². The van der Waals surface area contributed by atoms with Crippen LogP contribution in [0.1, 0.15) is 0 Å². The molecule has 7 nitrogen and oxygen atoms in total. The van der Waals surface area contributed by atoms with E-state index < -0.39 is 30.5 Å². The maximum Gasteiger partial charge on any atom is 0.254 e. The van der Waals surface area contributed by atoms with Gasteiger partial charge >= 0.3 is 0 Å². The Labute approximate surface area is 92.2 Å². The summed E-state index contributed by atoms with van der Waals surface area (Å²) in [6.45, 7) is 1.74. The van der Waals surface area contributed by atoms with Crippen molar-refractivity contribution in [1.82, 2.24) is 4.90 Å². The van der Waals surface area contributed by atoms with Crippen LogP contribution in [0.25, 0.3) is 0 Å². The highest BCUT2D eigenvalue weighted by atomic mass is 16.6. The number of aliphatic hydroxyl groups is 3. The van der Waals surface area contributed by atoms with Crippen LogP contribution >= 0.6 is 0 Å². The minimum Gasteiger partial charge on any atom is -0.387 e. The molecular weight excluding hydrogens is 218 g/mol. The number of aliphatic hydroxyl groups excluding tert-OH is 3. The Morgan fingerprint density at radius 2 is 1.75 bits per heavy atom. The predicted molar refractivity (Wildman–Crippen MR) is 50.3 cm³/mol. The molecule has 2 fully saturated rings. The fraction of sp³-hybridized carbons (Fsp3) is 0.889. The lowest BCUT2D eigenvalue weighted by molar-refractivity contribution is -0.162. The fourth-order valence-corrected chi connectivity index (χ4v) is 1.83. The predicted octanol–water partition coefficient (Wildman–Crippen LogP) is -2.72. The molecule has 7 heteroatoms. The van der Waals surface area contributed by atoms with Gasteiger partial charge in [-0.15, -0.1) is 0 Å². The van der Waals surface area contributed by atoms with E-state index in [1.165, 1.54) is 4.90 Å². The molecule has 1 amide bonds. The molecular formula is C9H15NO6. The summed E-state index contributed by atoms with van der Waals surface area (Å²) in [5.74, 6) is -0.425. The second-order valence-corrected chi connectivity index (χ2v) is 3.87. The molecule has 0 radical (unpaired) electrons. The summed E-state index contributed by atoms with van der Waals surface area (Å²) in [7, 11) is 0. The van der Waals surface area contributed by atoms with Crippen molar-refractivity contribution in [3.05, 3.63) is 0 Å². The normalized spacial score (nSPS) is 40.1. The fourth-order valence-electron chi connectivity index (χ4n) is 1.83. The Morgan fingerprint density at radius 1 is 1.12 bits per heavy atom. The van der Waals surface area contributed by atoms with Crippen LogP contribution in [0.5, 0.6) is 0 Å². The number of morpholine rings is 1. The molecule has 2 heterocycles. The lowest BCUT2D eigenvalue weighted by atomic mass is 10.1. The van der Waals surface area contributed by atoms with E-state index in [4.69, 9.17) is 14.6 Å². The molecule has 0 spiro atoms. The Kier molecular flexibility index (Phi) is 3.41. The maximum absolute atomic E-state index is 11.9. The van der Waals surface area contributed by atoms with Gasteiger partial charge in [-0.25, -0.2) is 0 Å². The van der Waals surface area contributed by atoms with Crippen molar-refractivity contribution in [2.75, 3.05) is 26.3 Å². The summed E-state index contributed by atoms with van der Waals surface area (Å²) in [5.41, 5.74) is 0. The number of amides is 1. The van der Waals surface area contributed by atoms with Gasteiger partial charge in [0.05, 0.1) is 13.2 Å². The summed E-state index contributed by atoms with van der Waals surface area (Å²) in [6.07, 6.45) is -5.52. The summed E-state index contributed by atoms with van der Waals surface area (Å²) in [6, 6.07) is 0. The number of nitrogens with zero attached hydrogens (tertiary/aromatic N) is 1. The van der Waals surface area contributed by atoms with E-state index in [0.29, 0.717) is 26.3 Å². The van der Waals surface area contributed by atoms with E-state index in [9.17, 15) is 15.0 Å². The number of hydrogen-bond acceptors (Lipinski definition) is 6. The third-order valence-electron chi connectivity index (χ3n) is 2.80. The first-order valence-corrected chi connectivity index (χ1v) is 5.17. The van der Waals surface area contributed by atoms with Crippen LogP contribution in [0.2, 0.25) is 0 Å². The molecule has 4 atom stereocenters. The van der Waals surface area contributed by atoms with Crippen molar-refractivity contribution in [2.45, 2.75) is 24.6 Å². The Hall–Kier alpha value is -0.730. The van der Waals surface area contributed by atoms with Gasteiger partial charge in [-0.1, -0.05) is 0 Å². The standard InChI is InChI=1S/C9H15NO6/c11-5-6(12)9(14)16-7(5)8(13)10-1-3-15-4-2-10/h5-7,9,11-12,14H,1-4H2/t5-,6-,7+,9+/m0/s1. The molecule has 0 aromatic carbocycles. The molecule has 0 saturated carbocycles. The highest BCUT2D eigenvalue weighted by molar-refractivity contribution is 5.82. The Balaban J connectivity index is 1.99. The van der Waals surface area contributed by atoms with Crippen molar-refractivity contribution >= 4 is 5.91 Å². The van der Waals surface area contributed by atoms with Gasteiger partial charge < -0.3 is 29.7 Å². The number of carbonyl (C=O) groups excluding carboxylic acids is 1. The number of ether oxygens (including phenoxy) is 2. The van der Waals surface area contributed by atoms with E-state index in [-0.39, 0.29) is 0 Å². The van der Waals surface area contributed by atoms with E-state index >= 15 is 0 Å². The van der Waals surface area contributed by atoms with Gasteiger partial charge in [-0.2, -0.15) is 0 Å². The third-order valence-corrected chi connectivity index (χ3v) is 2.80. The van der Waals surface area contributed by atoms with Crippen LogP contribution in [0.4, 0.5) is 0 Å². The summed E-state index contributed by atoms with van der Waals surface area (Å²) >= 11 is 0. The van der Waals surface area contributed by atoms with E-state index in [1.807, 2.05) is 0 Å². The maximum atomic E-state index is 11.9. The van der Waals surface area contributed by atoms with Crippen LogP contribution < -0.4 is 0 Å². The number of hydrogen-bond donors (Lipinski definition) is 3. The molecule has 0 aliphatic carbocycles. The molecule has 3 N–H and O–H groups in total. The van der Waals surface area contributed by atoms with Crippen LogP contribution in [0, 0.1) is 0 Å². The Bertz CT molecular complexity index is 267. The lowest BCUT2D eigenvalue weighted by Crippen LogP contribution is -2.49. The quantitative estimate of drug-likeness (QED) is 0.455. The largest absolute Gasteiger partial charge is 0.387 e. The van der Waals surface area contributed by atoms with Gasteiger partial charge in [0.2, 0.25) is 0 Å². The Morgan fingerprint density at radius 3 is 2.25 bits per heavy atom. The van der Waals surface area contributed by atoms with Gasteiger partial charge in [0.15, 0.2) is 12.4 Å². The minimum absolute atomic E-state index is 0.425.